The van der Waals surface area contributed by atoms with Crippen LogP contribution < -0.4 is 4.90 Å². The van der Waals surface area contributed by atoms with Crippen LogP contribution in [0.2, 0.25) is 0 Å². The minimum Gasteiger partial charge on any atom is -0.315 e. The third-order valence-corrected chi connectivity index (χ3v) is 2.52. The zero-order valence-electron chi connectivity index (χ0n) is 7.54. The molecule has 68 valence electrons. The van der Waals surface area contributed by atoms with E-state index in [0.29, 0.717) is 0 Å². The molecule has 0 bridgehead atoms. The summed E-state index contributed by atoms with van der Waals surface area (Å²) < 4.78 is 12.9. The first-order valence-electron chi connectivity index (χ1n) is 4.18. The SMILES string of the molecule is CC1C(=O)N(C)c2ccc(F)cc21. The zero-order chi connectivity index (χ0) is 9.59. The number of carbonyl (C=O) groups excluding carboxylic acids is 1. The summed E-state index contributed by atoms with van der Waals surface area (Å²) in [5.41, 5.74) is 1.60. The van der Waals surface area contributed by atoms with Gasteiger partial charge in [-0.05, 0) is 30.7 Å². The highest BCUT2D eigenvalue weighted by atomic mass is 19.1. The molecular formula is C10H10FNO. The Hall–Kier alpha value is -1.38. The minimum atomic E-state index is -0.284. The summed E-state index contributed by atoms with van der Waals surface area (Å²) in [6.45, 7) is 1.80. The summed E-state index contributed by atoms with van der Waals surface area (Å²) in [7, 11) is 1.71. The van der Waals surface area contributed by atoms with Crippen LogP contribution in [-0.4, -0.2) is 13.0 Å². The van der Waals surface area contributed by atoms with Gasteiger partial charge in [-0.15, -0.1) is 0 Å². The molecule has 1 aliphatic rings. The summed E-state index contributed by atoms with van der Waals surface area (Å²) in [6, 6.07) is 4.45. The second kappa shape index (κ2) is 2.55. The average molecular weight is 179 g/mol. The summed E-state index contributed by atoms with van der Waals surface area (Å²) in [6.07, 6.45) is 0. The molecule has 2 rings (SSSR count). The van der Waals surface area contributed by atoms with E-state index in [1.807, 2.05) is 0 Å². The molecule has 0 N–H and O–H groups in total. The largest absolute Gasteiger partial charge is 0.315 e. The normalized spacial score (nSPS) is 20.7. The lowest BCUT2D eigenvalue weighted by molar-refractivity contribution is -0.118. The quantitative estimate of drug-likeness (QED) is 0.595. The summed E-state index contributed by atoms with van der Waals surface area (Å²) in [5, 5.41) is 0. The van der Waals surface area contributed by atoms with E-state index in [2.05, 4.69) is 0 Å². The molecule has 1 aliphatic heterocycles. The smallest absolute Gasteiger partial charge is 0.234 e. The van der Waals surface area contributed by atoms with Gasteiger partial charge < -0.3 is 4.90 Å². The number of nitrogens with zero attached hydrogens (tertiary/aromatic N) is 1. The van der Waals surface area contributed by atoms with Crippen molar-refractivity contribution in [3.8, 4) is 0 Å². The number of likely N-dealkylation sites (N-methyl/N-ethyl adjacent to an activating group) is 1. The fraction of sp³-hybridized carbons (Fsp3) is 0.300. The van der Waals surface area contributed by atoms with Gasteiger partial charge in [0, 0.05) is 12.7 Å². The standard InChI is InChI=1S/C10H10FNO/c1-6-8-5-7(11)3-4-9(8)12(2)10(6)13/h3-6H,1-2H3. The number of anilines is 1. The van der Waals surface area contributed by atoms with Crippen LogP contribution in [0.1, 0.15) is 18.4 Å². The van der Waals surface area contributed by atoms with Crippen LogP contribution in [0, 0.1) is 5.82 Å². The molecule has 0 fully saturated rings. The molecule has 0 aliphatic carbocycles. The topological polar surface area (TPSA) is 20.3 Å². The van der Waals surface area contributed by atoms with E-state index in [0.717, 1.165) is 11.3 Å². The number of carbonyl (C=O) groups is 1. The van der Waals surface area contributed by atoms with Crippen molar-refractivity contribution < 1.29 is 9.18 Å². The van der Waals surface area contributed by atoms with E-state index in [-0.39, 0.29) is 17.6 Å². The van der Waals surface area contributed by atoms with Crippen molar-refractivity contribution in [2.24, 2.45) is 0 Å². The molecule has 1 amide bonds. The lowest BCUT2D eigenvalue weighted by Gasteiger charge is -2.08. The van der Waals surface area contributed by atoms with Gasteiger partial charge in [-0.2, -0.15) is 0 Å². The lowest BCUT2D eigenvalue weighted by Crippen LogP contribution is -2.22. The van der Waals surface area contributed by atoms with Crippen molar-refractivity contribution in [2.75, 3.05) is 11.9 Å². The maximum atomic E-state index is 12.9. The molecule has 0 radical (unpaired) electrons. The molecular weight excluding hydrogens is 169 g/mol. The summed E-state index contributed by atoms with van der Waals surface area (Å²) >= 11 is 0. The molecule has 1 aromatic rings. The van der Waals surface area contributed by atoms with E-state index in [1.165, 1.54) is 12.1 Å². The Morgan fingerprint density at radius 3 is 2.85 bits per heavy atom. The second-order valence-electron chi connectivity index (χ2n) is 3.32. The van der Waals surface area contributed by atoms with Gasteiger partial charge >= 0.3 is 0 Å². The Morgan fingerprint density at radius 2 is 2.15 bits per heavy atom. The number of hydrogen-bond donors (Lipinski definition) is 0. The van der Waals surface area contributed by atoms with E-state index in [4.69, 9.17) is 0 Å². The van der Waals surface area contributed by atoms with Crippen LogP contribution in [0.3, 0.4) is 0 Å². The fourth-order valence-corrected chi connectivity index (χ4v) is 1.72. The van der Waals surface area contributed by atoms with Gasteiger partial charge in [0.2, 0.25) is 5.91 Å². The zero-order valence-corrected chi connectivity index (χ0v) is 7.54. The highest BCUT2D eigenvalue weighted by molar-refractivity contribution is 6.04. The first-order chi connectivity index (χ1) is 6.11. The minimum absolute atomic E-state index is 0.0283. The molecule has 0 aromatic heterocycles. The second-order valence-corrected chi connectivity index (χ2v) is 3.32. The van der Waals surface area contributed by atoms with E-state index < -0.39 is 0 Å². The van der Waals surface area contributed by atoms with Crippen LogP contribution in [0.5, 0.6) is 0 Å². The van der Waals surface area contributed by atoms with Gasteiger partial charge in [-0.25, -0.2) is 4.39 Å². The number of benzene rings is 1. The number of hydrogen-bond acceptors (Lipinski definition) is 1. The van der Waals surface area contributed by atoms with Gasteiger partial charge in [0.25, 0.3) is 0 Å². The molecule has 2 nitrogen and oxygen atoms in total. The summed E-state index contributed by atoms with van der Waals surface area (Å²) in [5.74, 6) is -0.468. The first-order valence-corrected chi connectivity index (χ1v) is 4.18. The van der Waals surface area contributed by atoms with Crippen molar-refractivity contribution in [3.63, 3.8) is 0 Å². The van der Waals surface area contributed by atoms with Crippen molar-refractivity contribution in [2.45, 2.75) is 12.8 Å². The molecule has 0 spiro atoms. The van der Waals surface area contributed by atoms with Crippen LogP contribution >= 0.6 is 0 Å². The van der Waals surface area contributed by atoms with Gasteiger partial charge in [0.15, 0.2) is 0 Å². The van der Waals surface area contributed by atoms with Crippen LogP contribution in [0.25, 0.3) is 0 Å². The Balaban J connectivity index is 2.60. The molecule has 1 atom stereocenters. The predicted molar refractivity (Wildman–Crippen MR) is 48.2 cm³/mol. The van der Waals surface area contributed by atoms with Gasteiger partial charge in [0.05, 0.1) is 5.92 Å². The maximum Gasteiger partial charge on any atom is 0.234 e. The molecule has 0 saturated heterocycles. The van der Waals surface area contributed by atoms with Crippen molar-refractivity contribution in [1.82, 2.24) is 0 Å². The first kappa shape index (κ1) is 8.23. The Kier molecular flexibility index (Phi) is 1.62. The number of fused-ring (bicyclic) bond motifs is 1. The van der Waals surface area contributed by atoms with Crippen molar-refractivity contribution >= 4 is 11.6 Å². The Morgan fingerprint density at radius 1 is 1.46 bits per heavy atom. The monoisotopic (exact) mass is 179 g/mol. The van der Waals surface area contributed by atoms with Crippen molar-refractivity contribution in [3.05, 3.63) is 29.6 Å². The molecule has 1 heterocycles. The average Bonchev–Trinajstić information content (AvgIpc) is 2.32. The van der Waals surface area contributed by atoms with E-state index in [9.17, 15) is 9.18 Å². The molecule has 13 heavy (non-hydrogen) atoms. The van der Waals surface area contributed by atoms with Crippen LogP contribution in [-0.2, 0) is 4.79 Å². The highest BCUT2D eigenvalue weighted by Gasteiger charge is 2.31. The summed E-state index contributed by atoms with van der Waals surface area (Å²) in [4.78, 5) is 13.0. The van der Waals surface area contributed by atoms with Crippen LogP contribution in [0.4, 0.5) is 10.1 Å². The Bertz CT molecular complexity index is 375. The van der Waals surface area contributed by atoms with E-state index >= 15 is 0 Å². The molecule has 0 saturated carbocycles. The fourth-order valence-electron chi connectivity index (χ4n) is 1.72. The maximum absolute atomic E-state index is 12.9. The third-order valence-electron chi connectivity index (χ3n) is 2.52. The number of halogens is 1. The lowest BCUT2D eigenvalue weighted by atomic mass is 10.0. The highest BCUT2D eigenvalue weighted by Crippen LogP contribution is 2.35. The van der Waals surface area contributed by atoms with Gasteiger partial charge in [0.1, 0.15) is 5.82 Å². The predicted octanol–water partition coefficient (Wildman–Crippen LogP) is 1.91. The number of amides is 1. The van der Waals surface area contributed by atoms with Gasteiger partial charge in [-0.3, -0.25) is 4.79 Å². The molecule has 1 aromatic carbocycles. The van der Waals surface area contributed by atoms with Gasteiger partial charge in [-0.1, -0.05) is 0 Å². The number of rotatable bonds is 0. The van der Waals surface area contributed by atoms with E-state index in [1.54, 1.807) is 24.9 Å². The van der Waals surface area contributed by atoms with Crippen molar-refractivity contribution in [1.29, 1.82) is 0 Å². The third kappa shape index (κ3) is 1.03. The molecule has 3 heteroatoms. The van der Waals surface area contributed by atoms with Crippen LogP contribution in [0.15, 0.2) is 18.2 Å². The molecule has 1 unspecified atom stereocenters. The Labute approximate surface area is 76.0 Å².